The highest BCUT2D eigenvalue weighted by Gasteiger charge is 2.29. The lowest BCUT2D eigenvalue weighted by Gasteiger charge is -2.30. The number of carbonyl (C=O) groups is 3. The predicted octanol–water partition coefficient (Wildman–Crippen LogP) is 2.75. The van der Waals surface area contributed by atoms with E-state index in [9.17, 15) is 14.4 Å². The molecular weight excluding hydrogens is 504 g/mol. The Morgan fingerprint density at radius 3 is 2.79 bits per heavy atom. The quantitative estimate of drug-likeness (QED) is 0.245. The van der Waals surface area contributed by atoms with E-state index in [1.54, 1.807) is 36.4 Å². The normalized spacial score (nSPS) is 13.3. The molecule has 0 saturated heterocycles. The summed E-state index contributed by atoms with van der Waals surface area (Å²) in [6.45, 7) is 3.08. The van der Waals surface area contributed by atoms with Gasteiger partial charge in [0.15, 0.2) is 0 Å². The number of benzene rings is 1. The first-order valence-corrected chi connectivity index (χ1v) is 13.0. The highest BCUT2D eigenvalue weighted by molar-refractivity contribution is 7.14. The lowest BCUT2D eigenvalue weighted by Crippen LogP contribution is -2.49. The largest absolute Gasteiger partial charge is 0.481 e. The van der Waals surface area contributed by atoms with Gasteiger partial charge in [0.25, 0.3) is 11.8 Å². The maximum absolute atomic E-state index is 13.3. The van der Waals surface area contributed by atoms with Crippen LogP contribution in [0.25, 0.3) is 0 Å². The molecule has 3 amide bonds. The van der Waals surface area contributed by atoms with Gasteiger partial charge in [-0.25, -0.2) is 4.98 Å². The lowest BCUT2D eigenvalue weighted by molar-refractivity contribution is -0.134. The van der Waals surface area contributed by atoms with Gasteiger partial charge in [0.05, 0.1) is 12.0 Å². The van der Waals surface area contributed by atoms with E-state index >= 15 is 0 Å². The summed E-state index contributed by atoms with van der Waals surface area (Å²) in [5.74, 6) is -0.255. The van der Waals surface area contributed by atoms with Crippen LogP contribution in [0.15, 0.2) is 42.6 Å². The van der Waals surface area contributed by atoms with Gasteiger partial charge in [0, 0.05) is 59.8 Å². The average molecular weight is 535 g/mol. The number of nitrogen functional groups attached to an aromatic ring is 1. The third-order valence-corrected chi connectivity index (χ3v) is 7.62. The van der Waals surface area contributed by atoms with Crippen molar-refractivity contribution in [2.75, 3.05) is 19.4 Å². The fourth-order valence-electron chi connectivity index (χ4n) is 4.22. The molecule has 5 N–H and O–H groups in total. The third kappa shape index (κ3) is 6.00. The molecule has 11 heteroatoms. The van der Waals surface area contributed by atoms with Crippen molar-refractivity contribution in [3.63, 3.8) is 0 Å². The van der Waals surface area contributed by atoms with E-state index in [2.05, 4.69) is 15.6 Å². The molecule has 10 nitrogen and oxygen atoms in total. The van der Waals surface area contributed by atoms with Gasteiger partial charge in [-0.1, -0.05) is 6.92 Å². The lowest BCUT2D eigenvalue weighted by atomic mass is 10.1. The number of hydrogen-bond donors (Lipinski definition) is 4. The number of carbonyl (C=O) groups excluding carboxylic acids is 3. The fraction of sp³-hybridized carbons (Fsp3) is 0.296. The predicted molar refractivity (Wildman–Crippen MR) is 146 cm³/mol. The van der Waals surface area contributed by atoms with Crippen LogP contribution in [0.1, 0.15) is 54.9 Å². The second-order valence-electron chi connectivity index (χ2n) is 8.88. The van der Waals surface area contributed by atoms with E-state index in [4.69, 9.17) is 15.9 Å². The molecule has 0 radical (unpaired) electrons. The molecule has 2 aromatic heterocycles. The molecule has 0 bridgehead atoms. The van der Waals surface area contributed by atoms with Crippen LogP contribution in [0, 0.1) is 5.41 Å². The van der Waals surface area contributed by atoms with E-state index in [1.807, 2.05) is 19.1 Å². The first-order valence-electron chi connectivity index (χ1n) is 12.2. The summed E-state index contributed by atoms with van der Waals surface area (Å²) in [5.41, 5.74) is 8.82. The van der Waals surface area contributed by atoms with Crippen LogP contribution in [0.2, 0.25) is 0 Å². The van der Waals surface area contributed by atoms with Crippen LogP contribution in [0.5, 0.6) is 5.88 Å². The minimum atomic E-state index is -0.691. The molecule has 0 unspecified atom stereocenters. The highest BCUT2D eigenvalue weighted by atomic mass is 32.1. The summed E-state index contributed by atoms with van der Waals surface area (Å²) in [6, 6.07) is 9.41. The minimum Gasteiger partial charge on any atom is -0.481 e. The van der Waals surface area contributed by atoms with Crippen molar-refractivity contribution in [2.45, 2.75) is 38.9 Å². The first-order chi connectivity index (χ1) is 18.3. The smallest absolute Gasteiger partial charge is 0.261 e. The van der Waals surface area contributed by atoms with Crippen molar-refractivity contribution in [3.05, 3.63) is 74.6 Å². The number of hydrogen-bond acceptors (Lipinski definition) is 8. The molecule has 0 spiro atoms. The third-order valence-electron chi connectivity index (χ3n) is 6.38. The van der Waals surface area contributed by atoms with Gasteiger partial charge >= 0.3 is 0 Å². The second-order valence-corrected chi connectivity index (χ2v) is 10.0. The molecule has 0 saturated carbocycles. The summed E-state index contributed by atoms with van der Waals surface area (Å²) in [4.78, 5) is 46.4. The zero-order valence-electron chi connectivity index (χ0n) is 21.2. The molecule has 1 atom stereocenters. The number of thiophene rings is 1. The van der Waals surface area contributed by atoms with Crippen molar-refractivity contribution in [1.29, 1.82) is 5.41 Å². The van der Waals surface area contributed by atoms with Crippen molar-refractivity contribution in [2.24, 2.45) is 0 Å². The molecular formula is C27H30N6O4S. The number of pyridine rings is 1. The van der Waals surface area contributed by atoms with Crippen molar-refractivity contribution in [1.82, 2.24) is 20.5 Å². The number of amides is 3. The molecule has 1 aliphatic rings. The first kappa shape index (κ1) is 26.8. The van der Waals surface area contributed by atoms with E-state index in [0.29, 0.717) is 60.0 Å². The van der Waals surface area contributed by atoms with Gasteiger partial charge < -0.3 is 31.4 Å². The molecule has 1 aliphatic heterocycles. The Labute approximate surface area is 224 Å². The van der Waals surface area contributed by atoms with Crippen LogP contribution in [-0.2, 0) is 24.3 Å². The number of rotatable bonds is 9. The van der Waals surface area contributed by atoms with E-state index in [0.717, 1.165) is 22.2 Å². The van der Waals surface area contributed by atoms with E-state index in [1.165, 1.54) is 17.4 Å². The Bertz CT molecular complexity index is 1370. The average Bonchev–Trinajstić information content (AvgIpc) is 3.38. The highest BCUT2D eigenvalue weighted by Crippen LogP contribution is 2.29. The molecule has 3 aromatic rings. The number of fused-ring (bicyclic) bond motifs is 1. The minimum absolute atomic E-state index is 0.168. The Hall–Kier alpha value is -4.25. The van der Waals surface area contributed by atoms with Gasteiger partial charge in [0.2, 0.25) is 11.8 Å². The summed E-state index contributed by atoms with van der Waals surface area (Å²) in [5, 5.41) is 13.2. The van der Waals surface area contributed by atoms with Gasteiger partial charge in [-0.05, 0) is 54.3 Å². The van der Waals surface area contributed by atoms with Crippen LogP contribution in [-0.4, -0.2) is 53.5 Å². The molecule has 4 rings (SSSR count). The molecule has 0 aliphatic carbocycles. The van der Waals surface area contributed by atoms with Gasteiger partial charge in [-0.2, -0.15) is 0 Å². The van der Waals surface area contributed by atoms with Gasteiger partial charge in [-0.15, -0.1) is 11.3 Å². The number of ether oxygens (including phenoxy) is 1. The Morgan fingerprint density at radius 1 is 1.24 bits per heavy atom. The number of aromatic nitrogens is 1. The molecule has 38 heavy (non-hydrogen) atoms. The molecule has 1 aromatic carbocycles. The Morgan fingerprint density at radius 2 is 2.05 bits per heavy atom. The Kier molecular flexibility index (Phi) is 8.37. The van der Waals surface area contributed by atoms with Crippen LogP contribution < -0.4 is 21.1 Å². The van der Waals surface area contributed by atoms with E-state index in [-0.39, 0.29) is 11.8 Å². The van der Waals surface area contributed by atoms with Crippen LogP contribution in [0.4, 0.5) is 5.69 Å². The Balaban J connectivity index is 1.38. The number of nitrogens with one attached hydrogen (secondary N) is 3. The van der Waals surface area contributed by atoms with Crippen molar-refractivity contribution < 1.29 is 19.1 Å². The number of anilines is 1. The van der Waals surface area contributed by atoms with Crippen LogP contribution in [0.3, 0.4) is 0 Å². The molecule has 0 fully saturated rings. The monoisotopic (exact) mass is 534 g/mol. The summed E-state index contributed by atoms with van der Waals surface area (Å²) >= 11 is 1.44. The summed E-state index contributed by atoms with van der Waals surface area (Å²) in [7, 11) is 1.54. The topological polar surface area (TPSA) is 150 Å². The summed E-state index contributed by atoms with van der Waals surface area (Å²) in [6.07, 6.45) is 3.79. The van der Waals surface area contributed by atoms with Crippen molar-refractivity contribution in [3.8, 4) is 5.88 Å². The van der Waals surface area contributed by atoms with Gasteiger partial charge in [-0.3, -0.25) is 14.4 Å². The number of methoxy groups -OCH3 is 1. The maximum Gasteiger partial charge on any atom is 0.261 e. The maximum atomic E-state index is 13.3. The standard InChI is InChI=1S/C27H30N6O4S/c1-3-21(32-25(34)17-4-5-20(29)18(11-17)13-28)27(36)33-9-7-22-19(15-33)12-23(38-22)26(35)31-14-16-6-8-30-24(10-16)37-2/h4-6,8,10-13,21,28H,3,7,9,14-15,29H2,1-2H3,(H,31,35)(H,32,34)/t21-/m1/s1. The molecule has 198 valence electrons. The van der Waals surface area contributed by atoms with Gasteiger partial charge in [0.1, 0.15) is 6.04 Å². The molecule has 3 heterocycles. The number of nitrogens with zero attached hydrogens (tertiary/aromatic N) is 2. The van der Waals surface area contributed by atoms with Crippen molar-refractivity contribution >= 4 is 41.0 Å². The second kappa shape index (κ2) is 11.9. The number of nitrogens with two attached hydrogens (primary N) is 1. The zero-order valence-corrected chi connectivity index (χ0v) is 22.1. The zero-order chi connectivity index (χ0) is 27.2. The van der Waals surface area contributed by atoms with Crippen LogP contribution >= 0.6 is 11.3 Å². The fourth-order valence-corrected chi connectivity index (χ4v) is 5.30. The van der Waals surface area contributed by atoms with E-state index < -0.39 is 11.9 Å². The summed E-state index contributed by atoms with van der Waals surface area (Å²) < 4.78 is 5.12. The SMILES string of the molecule is CC[C@@H](NC(=O)c1ccc(N)c(C=N)c1)C(=O)N1CCc2sc(C(=O)NCc3ccnc(OC)c3)cc2C1.